The number of benzene rings is 3. The molecule has 7 heteroatoms. The Morgan fingerprint density at radius 1 is 1.14 bits per heavy atom. The standard InChI is InChI=1S/C30H33ClN2O4/c1-6-20(3)37-28-17-26-22(15-27(28)36-18-19(2)32-4)16-29(34)33(24-11-13-25(35-5)14-12-24)30(26)21-7-9-23(31)10-8-21/h7-15,17,20,30,32H,2,6,16,18H2,1,3-5H3/t20-,30?/m1/s1. The number of nitrogens with one attached hydrogen (secondary N) is 1. The topological polar surface area (TPSA) is 60.0 Å². The SMILES string of the molecule is C=C(COc1cc2c(cc1O[C@H](C)CC)C(c1ccc(Cl)cc1)N(c1ccc(OC)cc1)C(=O)C2)NC. The zero-order valence-corrected chi connectivity index (χ0v) is 22.5. The zero-order valence-electron chi connectivity index (χ0n) is 21.7. The first-order chi connectivity index (χ1) is 17.8. The average molecular weight is 521 g/mol. The van der Waals surface area contributed by atoms with Crippen LogP contribution in [0, 0.1) is 0 Å². The summed E-state index contributed by atoms with van der Waals surface area (Å²) in [6.07, 6.45) is 1.07. The molecule has 0 saturated carbocycles. The van der Waals surface area contributed by atoms with E-state index in [9.17, 15) is 4.79 Å². The highest BCUT2D eigenvalue weighted by molar-refractivity contribution is 6.30. The molecule has 1 unspecified atom stereocenters. The van der Waals surface area contributed by atoms with Gasteiger partial charge in [0.1, 0.15) is 12.4 Å². The molecule has 0 bridgehead atoms. The number of methoxy groups -OCH3 is 1. The lowest BCUT2D eigenvalue weighted by Crippen LogP contribution is -2.41. The molecule has 37 heavy (non-hydrogen) atoms. The molecule has 0 spiro atoms. The zero-order chi connectivity index (χ0) is 26.5. The third-order valence-electron chi connectivity index (χ3n) is 6.56. The highest BCUT2D eigenvalue weighted by Gasteiger charge is 2.36. The molecule has 1 N–H and O–H groups in total. The van der Waals surface area contributed by atoms with Crippen molar-refractivity contribution >= 4 is 23.2 Å². The fraction of sp³-hybridized carbons (Fsp3) is 0.300. The molecule has 1 heterocycles. The first-order valence-electron chi connectivity index (χ1n) is 12.4. The normalized spacial score (nSPS) is 15.5. The molecule has 2 atom stereocenters. The van der Waals surface area contributed by atoms with Gasteiger partial charge in [0.15, 0.2) is 11.5 Å². The number of hydrogen-bond acceptors (Lipinski definition) is 5. The highest BCUT2D eigenvalue weighted by atomic mass is 35.5. The van der Waals surface area contributed by atoms with Crippen LogP contribution < -0.4 is 24.4 Å². The predicted octanol–water partition coefficient (Wildman–Crippen LogP) is 6.32. The molecule has 0 aliphatic carbocycles. The number of fused-ring (bicyclic) bond motifs is 1. The molecule has 4 rings (SSSR count). The summed E-state index contributed by atoms with van der Waals surface area (Å²) in [5.74, 6) is 1.95. The van der Waals surface area contributed by atoms with Crippen molar-refractivity contribution in [3.05, 3.63) is 94.7 Å². The molecule has 194 valence electrons. The van der Waals surface area contributed by atoms with Crippen LogP contribution in [0.25, 0.3) is 0 Å². The van der Waals surface area contributed by atoms with E-state index in [0.29, 0.717) is 23.1 Å². The molecule has 1 aliphatic rings. The molecule has 0 aromatic heterocycles. The predicted molar refractivity (Wildman–Crippen MR) is 148 cm³/mol. The van der Waals surface area contributed by atoms with E-state index in [-0.39, 0.29) is 24.5 Å². The minimum Gasteiger partial charge on any atom is -0.497 e. The Morgan fingerprint density at radius 2 is 1.84 bits per heavy atom. The first-order valence-corrected chi connectivity index (χ1v) is 12.8. The summed E-state index contributed by atoms with van der Waals surface area (Å²) >= 11 is 6.21. The molecule has 1 aliphatic heterocycles. The van der Waals surface area contributed by atoms with Crippen LogP contribution >= 0.6 is 11.6 Å². The molecule has 0 saturated heterocycles. The lowest BCUT2D eigenvalue weighted by atomic mass is 9.86. The second kappa shape index (κ2) is 11.6. The third kappa shape index (κ3) is 5.86. The van der Waals surface area contributed by atoms with E-state index in [4.69, 9.17) is 25.8 Å². The average Bonchev–Trinajstić information content (AvgIpc) is 2.91. The van der Waals surface area contributed by atoms with Gasteiger partial charge in [-0.2, -0.15) is 0 Å². The smallest absolute Gasteiger partial charge is 0.232 e. The maximum absolute atomic E-state index is 13.7. The van der Waals surface area contributed by atoms with Crippen molar-refractivity contribution in [2.45, 2.75) is 38.8 Å². The van der Waals surface area contributed by atoms with Crippen LogP contribution in [0.1, 0.15) is 43.0 Å². The lowest BCUT2D eigenvalue weighted by molar-refractivity contribution is -0.118. The Bertz CT molecular complexity index is 1260. The van der Waals surface area contributed by atoms with Crippen LogP contribution in [0.5, 0.6) is 17.2 Å². The van der Waals surface area contributed by atoms with Gasteiger partial charge in [-0.15, -0.1) is 0 Å². The summed E-state index contributed by atoms with van der Waals surface area (Å²) in [5.41, 5.74) is 4.35. The molecular formula is C30H33ClN2O4. The minimum absolute atomic E-state index is 0.00945. The van der Waals surface area contributed by atoms with Crippen LogP contribution in [0.3, 0.4) is 0 Å². The number of anilines is 1. The summed E-state index contributed by atoms with van der Waals surface area (Å²) in [6.45, 7) is 8.35. The number of hydrogen-bond donors (Lipinski definition) is 1. The van der Waals surface area contributed by atoms with Crippen molar-refractivity contribution in [2.75, 3.05) is 25.7 Å². The van der Waals surface area contributed by atoms with Crippen molar-refractivity contribution in [3.63, 3.8) is 0 Å². The summed E-state index contributed by atoms with van der Waals surface area (Å²) in [7, 11) is 3.43. The third-order valence-corrected chi connectivity index (χ3v) is 6.82. The monoisotopic (exact) mass is 520 g/mol. The number of nitrogens with zero attached hydrogens (tertiary/aromatic N) is 1. The van der Waals surface area contributed by atoms with Crippen LogP contribution in [0.2, 0.25) is 5.02 Å². The number of likely N-dealkylation sites (N-methyl/N-ethyl adjacent to an activating group) is 1. The van der Waals surface area contributed by atoms with E-state index in [1.807, 2.05) is 72.5 Å². The van der Waals surface area contributed by atoms with E-state index >= 15 is 0 Å². The van der Waals surface area contributed by atoms with Crippen molar-refractivity contribution < 1.29 is 19.0 Å². The largest absolute Gasteiger partial charge is 0.497 e. The van der Waals surface area contributed by atoms with Gasteiger partial charge in [0.05, 0.1) is 25.7 Å². The fourth-order valence-corrected chi connectivity index (χ4v) is 4.43. The fourth-order valence-electron chi connectivity index (χ4n) is 4.31. The lowest BCUT2D eigenvalue weighted by Gasteiger charge is -2.38. The second-order valence-electron chi connectivity index (χ2n) is 9.07. The molecule has 0 fully saturated rings. The Labute approximate surface area is 223 Å². The Morgan fingerprint density at radius 3 is 2.46 bits per heavy atom. The van der Waals surface area contributed by atoms with Crippen LogP contribution in [0.15, 0.2) is 72.9 Å². The van der Waals surface area contributed by atoms with Gasteiger partial charge in [-0.25, -0.2) is 0 Å². The number of halogens is 1. The Balaban J connectivity index is 1.86. The summed E-state index contributed by atoms with van der Waals surface area (Å²) in [4.78, 5) is 15.5. The van der Waals surface area contributed by atoms with E-state index < -0.39 is 0 Å². The van der Waals surface area contributed by atoms with Gasteiger partial charge < -0.3 is 24.4 Å². The quantitative estimate of drug-likeness (QED) is 0.339. The molecular weight excluding hydrogens is 488 g/mol. The van der Waals surface area contributed by atoms with Crippen LogP contribution in [0.4, 0.5) is 5.69 Å². The van der Waals surface area contributed by atoms with Gasteiger partial charge in [-0.1, -0.05) is 37.2 Å². The number of amides is 1. The van der Waals surface area contributed by atoms with Crippen LogP contribution in [-0.4, -0.2) is 32.8 Å². The van der Waals surface area contributed by atoms with E-state index in [1.54, 1.807) is 14.2 Å². The maximum atomic E-state index is 13.7. The van der Waals surface area contributed by atoms with Gasteiger partial charge in [0.25, 0.3) is 0 Å². The first kappa shape index (κ1) is 26.4. The van der Waals surface area contributed by atoms with Gasteiger partial charge in [-0.05, 0) is 78.6 Å². The van der Waals surface area contributed by atoms with Crippen molar-refractivity contribution in [2.24, 2.45) is 0 Å². The molecule has 3 aromatic carbocycles. The Kier molecular flexibility index (Phi) is 8.29. The van der Waals surface area contributed by atoms with Crippen LogP contribution in [-0.2, 0) is 11.2 Å². The highest BCUT2D eigenvalue weighted by Crippen LogP contribution is 2.44. The second-order valence-corrected chi connectivity index (χ2v) is 9.51. The van der Waals surface area contributed by atoms with Gasteiger partial charge in [-0.3, -0.25) is 4.79 Å². The van der Waals surface area contributed by atoms with Crippen molar-refractivity contribution in [3.8, 4) is 17.2 Å². The number of ether oxygens (including phenoxy) is 3. The van der Waals surface area contributed by atoms with E-state index in [1.165, 1.54) is 0 Å². The molecule has 3 aromatic rings. The van der Waals surface area contributed by atoms with Gasteiger partial charge >= 0.3 is 0 Å². The van der Waals surface area contributed by atoms with Crippen molar-refractivity contribution in [1.29, 1.82) is 0 Å². The van der Waals surface area contributed by atoms with E-state index in [2.05, 4.69) is 18.8 Å². The van der Waals surface area contributed by atoms with E-state index in [0.717, 1.165) is 40.2 Å². The molecule has 1 amide bonds. The summed E-state index contributed by atoms with van der Waals surface area (Å²) in [5, 5.41) is 3.64. The maximum Gasteiger partial charge on any atom is 0.232 e. The minimum atomic E-state index is -0.373. The molecule has 6 nitrogen and oxygen atoms in total. The van der Waals surface area contributed by atoms with Crippen molar-refractivity contribution in [1.82, 2.24) is 5.32 Å². The number of rotatable bonds is 10. The summed E-state index contributed by atoms with van der Waals surface area (Å²) in [6, 6.07) is 18.7. The van der Waals surface area contributed by atoms with Gasteiger partial charge in [0.2, 0.25) is 5.91 Å². The molecule has 0 radical (unpaired) electrons. The number of carbonyl (C=O) groups is 1. The number of carbonyl (C=O) groups excluding carboxylic acids is 1. The van der Waals surface area contributed by atoms with Gasteiger partial charge in [0, 0.05) is 23.5 Å². The Hall–Kier alpha value is -3.64. The summed E-state index contributed by atoms with van der Waals surface area (Å²) < 4.78 is 17.7.